The molecule has 2 aromatic carbocycles. The van der Waals surface area contributed by atoms with E-state index in [1.807, 2.05) is 43.3 Å². The van der Waals surface area contributed by atoms with Crippen LogP contribution in [0.3, 0.4) is 0 Å². The summed E-state index contributed by atoms with van der Waals surface area (Å²) in [6.07, 6.45) is 2.65. The molecule has 2 aliphatic rings. The van der Waals surface area contributed by atoms with Crippen molar-refractivity contribution in [2.24, 2.45) is 0 Å². The summed E-state index contributed by atoms with van der Waals surface area (Å²) >= 11 is 0. The number of allylic oxidation sites excluding steroid dienone is 2. The standard InChI is InChI=1S/C18H18N2O2S/c1-13-9-11-14(12-10-13)23(21,22)20-17-7-3-2-5-15(17)19-16-6-4-8-18(16)20/h2-3,5,7,9-12,19H,4,6,8H2,1H3. The molecule has 4 nitrogen and oxygen atoms in total. The average Bonchev–Trinajstić information content (AvgIpc) is 3.00. The topological polar surface area (TPSA) is 49.4 Å². The van der Waals surface area contributed by atoms with Crippen molar-refractivity contribution in [3.8, 4) is 0 Å². The molecule has 0 aromatic heterocycles. The van der Waals surface area contributed by atoms with Crippen molar-refractivity contribution in [2.75, 3.05) is 9.62 Å². The van der Waals surface area contributed by atoms with Crippen LogP contribution in [-0.4, -0.2) is 8.42 Å². The lowest BCUT2D eigenvalue weighted by atomic mass is 10.2. The Morgan fingerprint density at radius 2 is 1.74 bits per heavy atom. The lowest BCUT2D eigenvalue weighted by molar-refractivity contribution is 0.593. The average molecular weight is 326 g/mol. The largest absolute Gasteiger partial charge is 0.356 e. The van der Waals surface area contributed by atoms with E-state index in [0.29, 0.717) is 10.6 Å². The van der Waals surface area contributed by atoms with E-state index in [0.717, 1.165) is 41.9 Å². The molecule has 0 saturated heterocycles. The summed E-state index contributed by atoms with van der Waals surface area (Å²) in [5.41, 5.74) is 4.51. The molecule has 0 spiro atoms. The van der Waals surface area contributed by atoms with Gasteiger partial charge in [-0.25, -0.2) is 12.7 Å². The number of para-hydroxylation sites is 2. The van der Waals surface area contributed by atoms with Gasteiger partial charge in [-0.1, -0.05) is 29.8 Å². The molecule has 23 heavy (non-hydrogen) atoms. The molecule has 0 unspecified atom stereocenters. The van der Waals surface area contributed by atoms with Gasteiger partial charge in [-0.3, -0.25) is 0 Å². The number of anilines is 2. The first kappa shape index (κ1) is 14.3. The maximum atomic E-state index is 13.3. The normalized spacial score (nSPS) is 16.8. The van der Waals surface area contributed by atoms with Crippen LogP contribution >= 0.6 is 0 Å². The van der Waals surface area contributed by atoms with E-state index in [-0.39, 0.29) is 0 Å². The van der Waals surface area contributed by atoms with E-state index in [2.05, 4.69) is 5.32 Å². The fraction of sp³-hybridized carbons (Fsp3) is 0.222. The van der Waals surface area contributed by atoms with Crippen LogP contribution in [0.4, 0.5) is 11.4 Å². The van der Waals surface area contributed by atoms with Gasteiger partial charge in [0.1, 0.15) is 0 Å². The van der Waals surface area contributed by atoms with Gasteiger partial charge in [0.25, 0.3) is 10.0 Å². The van der Waals surface area contributed by atoms with Gasteiger partial charge in [0.2, 0.25) is 0 Å². The Bertz CT molecular complexity index is 899. The van der Waals surface area contributed by atoms with Crippen LogP contribution in [0.15, 0.2) is 64.8 Å². The zero-order valence-corrected chi connectivity index (χ0v) is 13.7. The van der Waals surface area contributed by atoms with E-state index in [1.54, 1.807) is 12.1 Å². The highest BCUT2D eigenvalue weighted by Gasteiger charge is 2.36. The number of hydrogen-bond donors (Lipinski definition) is 1. The fourth-order valence-corrected chi connectivity index (χ4v) is 4.84. The van der Waals surface area contributed by atoms with Crippen molar-refractivity contribution < 1.29 is 8.42 Å². The summed E-state index contributed by atoms with van der Waals surface area (Å²) in [5, 5.41) is 3.40. The Hall–Kier alpha value is -2.27. The van der Waals surface area contributed by atoms with Crippen molar-refractivity contribution >= 4 is 21.4 Å². The number of nitrogens with zero attached hydrogens (tertiary/aromatic N) is 1. The quantitative estimate of drug-likeness (QED) is 0.907. The predicted octanol–water partition coefficient (Wildman–Crippen LogP) is 4.01. The predicted molar refractivity (Wildman–Crippen MR) is 91.8 cm³/mol. The summed E-state index contributed by atoms with van der Waals surface area (Å²) in [4.78, 5) is 0.332. The molecule has 1 heterocycles. The first-order valence-corrected chi connectivity index (χ1v) is 9.21. The van der Waals surface area contributed by atoms with Crippen molar-refractivity contribution in [2.45, 2.75) is 31.1 Å². The van der Waals surface area contributed by atoms with E-state index in [1.165, 1.54) is 4.31 Å². The van der Waals surface area contributed by atoms with Crippen molar-refractivity contribution in [3.05, 3.63) is 65.5 Å². The van der Waals surface area contributed by atoms with Gasteiger partial charge in [0.05, 0.1) is 22.0 Å². The molecule has 0 saturated carbocycles. The number of sulfonamides is 1. The third kappa shape index (κ3) is 2.23. The minimum atomic E-state index is -3.61. The van der Waals surface area contributed by atoms with Crippen LogP contribution in [0.1, 0.15) is 24.8 Å². The number of fused-ring (bicyclic) bond motifs is 1. The van der Waals surface area contributed by atoms with Gasteiger partial charge in [-0.2, -0.15) is 0 Å². The number of nitrogens with one attached hydrogen (secondary N) is 1. The molecule has 2 aromatic rings. The molecule has 5 heteroatoms. The highest BCUT2D eigenvalue weighted by Crippen LogP contribution is 2.44. The molecule has 0 fully saturated rings. The number of aryl methyl sites for hydroxylation is 1. The Morgan fingerprint density at radius 3 is 2.52 bits per heavy atom. The first-order valence-electron chi connectivity index (χ1n) is 7.77. The SMILES string of the molecule is Cc1ccc(S(=O)(=O)N2C3=C(CCC3)Nc3ccccc32)cc1. The summed E-state index contributed by atoms with van der Waals surface area (Å²) < 4.78 is 28.1. The van der Waals surface area contributed by atoms with Gasteiger partial charge < -0.3 is 5.32 Å². The minimum Gasteiger partial charge on any atom is -0.356 e. The fourth-order valence-electron chi connectivity index (χ4n) is 3.24. The van der Waals surface area contributed by atoms with Crippen LogP contribution in [-0.2, 0) is 10.0 Å². The zero-order valence-electron chi connectivity index (χ0n) is 12.9. The first-order chi connectivity index (χ1) is 11.1. The molecule has 1 N–H and O–H groups in total. The van der Waals surface area contributed by atoms with Crippen molar-refractivity contribution in [1.29, 1.82) is 0 Å². The number of hydrogen-bond acceptors (Lipinski definition) is 3. The Morgan fingerprint density at radius 1 is 1.00 bits per heavy atom. The number of benzene rings is 2. The summed E-state index contributed by atoms with van der Waals surface area (Å²) in [5.74, 6) is 0. The van der Waals surface area contributed by atoms with Gasteiger partial charge in [-0.05, 0) is 50.5 Å². The second-order valence-electron chi connectivity index (χ2n) is 6.00. The molecule has 0 amide bonds. The molecule has 0 bridgehead atoms. The zero-order chi connectivity index (χ0) is 16.0. The van der Waals surface area contributed by atoms with Crippen LogP contribution in [0.5, 0.6) is 0 Å². The van der Waals surface area contributed by atoms with E-state index >= 15 is 0 Å². The summed E-state index contributed by atoms with van der Waals surface area (Å²) in [7, 11) is -3.61. The maximum absolute atomic E-state index is 13.3. The Labute approximate surface area is 136 Å². The lowest BCUT2D eigenvalue weighted by Crippen LogP contribution is -2.34. The highest BCUT2D eigenvalue weighted by atomic mass is 32.2. The van der Waals surface area contributed by atoms with E-state index in [4.69, 9.17) is 0 Å². The van der Waals surface area contributed by atoms with Crippen molar-refractivity contribution in [1.82, 2.24) is 0 Å². The molecular weight excluding hydrogens is 308 g/mol. The lowest BCUT2D eigenvalue weighted by Gasteiger charge is -2.32. The Kier molecular flexibility index (Phi) is 3.20. The molecule has 0 radical (unpaired) electrons. The van der Waals surface area contributed by atoms with Crippen LogP contribution in [0, 0.1) is 6.92 Å². The van der Waals surface area contributed by atoms with Gasteiger partial charge in [0.15, 0.2) is 0 Å². The third-order valence-corrected chi connectivity index (χ3v) is 6.17. The molecule has 1 aliphatic heterocycles. The second-order valence-corrected chi connectivity index (χ2v) is 7.79. The van der Waals surface area contributed by atoms with Crippen LogP contribution in [0.2, 0.25) is 0 Å². The van der Waals surface area contributed by atoms with Crippen LogP contribution < -0.4 is 9.62 Å². The van der Waals surface area contributed by atoms with Gasteiger partial charge >= 0.3 is 0 Å². The van der Waals surface area contributed by atoms with Gasteiger partial charge in [-0.15, -0.1) is 0 Å². The van der Waals surface area contributed by atoms with Crippen LogP contribution in [0.25, 0.3) is 0 Å². The summed E-state index contributed by atoms with van der Waals surface area (Å²) in [6.45, 7) is 1.95. The smallest absolute Gasteiger partial charge is 0.268 e. The van der Waals surface area contributed by atoms with E-state index < -0.39 is 10.0 Å². The monoisotopic (exact) mass is 326 g/mol. The summed E-state index contributed by atoms with van der Waals surface area (Å²) in [6, 6.07) is 14.6. The third-order valence-electron chi connectivity index (χ3n) is 4.40. The molecule has 0 atom stereocenters. The van der Waals surface area contributed by atoms with E-state index in [9.17, 15) is 8.42 Å². The molecular formula is C18H18N2O2S. The highest BCUT2D eigenvalue weighted by molar-refractivity contribution is 7.93. The Balaban J connectivity index is 1.90. The molecule has 4 rings (SSSR count). The second kappa shape index (κ2) is 5.13. The number of rotatable bonds is 2. The van der Waals surface area contributed by atoms with Crippen molar-refractivity contribution in [3.63, 3.8) is 0 Å². The maximum Gasteiger partial charge on any atom is 0.268 e. The minimum absolute atomic E-state index is 0.332. The van der Waals surface area contributed by atoms with Gasteiger partial charge in [0, 0.05) is 5.70 Å². The molecule has 1 aliphatic carbocycles. The molecule has 118 valence electrons.